The lowest BCUT2D eigenvalue weighted by Crippen LogP contribution is -1.92. The number of thioether (sulfide) groups is 1. The van der Waals surface area contributed by atoms with Crippen LogP contribution in [0.3, 0.4) is 0 Å². The molecule has 0 saturated carbocycles. The van der Waals surface area contributed by atoms with Gasteiger partial charge < -0.3 is 0 Å². The lowest BCUT2D eigenvalue weighted by molar-refractivity contribution is 0.750. The maximum absolute atomic E-state index is 5.50. The molecule has 0 radical (unpaired) electrons. The molecule has 0 bridgehead atoms. The lowest BCUT2D eigenvalue weighted by atomic mass is 10.3. The van der Waals surface area contributed by atoms with Gasteiger partial charge in [-0.05, 0) is 23.8 Å². The Bertz CT molecular complexity index is 54.9. The zero-order chi connectivity index (χ0) is 7.11. The molecule has 0 saturated heterocycles. The van der Waals surface area contributed by atoms with E-state index in [-0.39, 0.29) is 0 Å². The second-order valence-electron chi connectivity index (χ2n) is 2.51. The van der Waals surface area contributed by atoms with Crippen molar-refractivity contribution >= 4 is 23.4 Å². The smallest absolute Gasteiger partial charge is 0.0231 e. The second kappa shape index (κ2) is 6.76. The first kappa shape index (κ1) is 9.64. The van der Waals surface area contributed by atoms with E-state index in [2.05, 4.69) is 13.8 Å². The first-order chi connectivity index (χ1) is 4.27. The average molecular weight is 167 g/mol. The molecule has 0 fully saturated rings. The van der Waals surface area contributed by atoms with Gasteiger partial charge in [-0.1, -0.05) is 13.8 Å². The Morgan fingerprint density at radius 1 is 1.44 bits per heavy atom. The molecular weight excluding hydrogens is 152 g/mol. The van der Waals surface area contributed by atoms with Crippen molar-refractivity contribution in [3.05, 3.63) is 0 Å². The zero-order valence-corrected chi connectivity index (χ0v) is 7.76. The second-order valence-corrected chi connectivity index (χ2v) is 4.04. The highest BCUT2D eigenvalue weighted by Gasteiger charge is 1.92. The summed E-state index contributed by atoms with van der Waals surface area (Å²) in [6, 6.07) is 0. The highest BCUT2D eigenvalue weighted by atomic mass is 35.5. The third-order valence-electron chi connectivity index (χ3n) is 0.873. The number of alkyl halides is 1. The minimum atomic E-state index is 0.811. The fourth-order valence-corrected chi connectivity index (χ4v) is 1.75. The van der Waals surface area contributed by atoms with Gasteiger partial charge in [0, 0.05) is 5.88 Å². The summed E-state index contributed by atoms with van der Waals surface area (Å²) in [6.45, 7) is 4.49. The summed E-state index contributed by atoms with van der Waals surface area (Å²) < 4.78 is 0. The van der Waals surface area contributed by atoms with Gasteiger partial charge in [0.2, 0.25) is 0 Å². The minimum absolute atomic E-state index is 0.811. The van der Waals surface area contributed by atoms with E-state index < -0.39 is 0 Å². The van der Waals surface area contributed by atoms with Crippen molar-refractivity contribution in [2.45, 2.75) is 20.3 Å². The van der Waals surface area contributed by atoms with Crippen LogP contribution in [-0.4, -0.2) is 17.4 Å². The molecule has 0 amide bonds. The van der Waals surface area contributed by atoms with Gasteiger partial charge in [-0.3, -0.25) is 0 Å². The van der Waals surface area contributed by atoms with Crippen molar-refractivity contribution in [2.24, 2.45) is 5.92 Å². The average Bonchev–Trinajstić information content (AvgIpc) is 1.80. The number of rotatable bonds is 5. The summed E-state index contributed by atoms with van der Waals surface area (Å²) >= 11 is 7.50. The Hall–Kier alpha value is 0.640. The molecule has 0 aliphatic heterocycles. The van der Waals surface area contributed by atoms with E-state index in [1.165, 1.54) is 11.5 Å². The maximum Gasteiger partial charge on any atom is 0.0231 e. The summed E-state index contributed by atoms with van der Waals surface area (Å²) in [5, 5.41) is 0. The predicted molar refractivity (Wildman–Crippen MR) is 47.5 cm³/mol. The molecule has 0 spiro atoms. The van der Waals surface area contributed by atoms with Crippen LogP contribution in [-0.2, 0) is 0 Å². The van der Waals surface area contributed by atoms with E-state index in [0.29, 0.717) is 0 Å². The van der Waals surface area contributed by atoms with Crippen LogP contribution >= 0.6 is 23.4 Å². The third-order valence-corrected chi connectivity index (χ3v) is 2.62. The molecule has 0 aromatic carbocycles. The normalized spacial score (nSPS) is 10.7. The molecule has 0 nitrogen and oxygen atoms in total. The molecular formula is C7H15ClS. The molecule has 0 aromatic rings. The molecule has 2 heteroatoms. The lowest BCUT2D eigenvalue weighted by Gasteiger charge is -2.01. The quantitative estimate of drug-likeness (QED) is 0.447. The largest absolute Gasteiger partial charge is 0.162 e. The maximum atomic E-state index is 5.50. The monoisotopic (exact) mass is 166 g/mol. The van der Waals surface area contributed by atoms with Gasteiger partial charge in [0.1, 0.15) is 0 Å². The van der Waals surface area contributed by atoms with Crippen molar-refractivity contribution < 1.29 is 0 Å². The first-order valence-corrected chi connectivity index (χ1v) is 5.10. The molecule has 0 aromatic heterocycles. The van der Waals surface area contributed by atoms with Gasteiger partial charge in [-0.25, -0.2) is 0 Å². The predicted octanol–water partition coefficient (Wildman–Crippen LogP) is 3.00. The Morgan fingerprint density at radius 3 is 2.56 bits per heavy atom. The Morgan fingerprint density at radius 2 is 2.11 bits per heavy atom. The van der Waals surface area contributed by atoms with Crippen LogP contribution < -0.4 is 0 Å². The number of hydrogen-bond acceptors (Lipinski definition) is 1. The van der Waals surface area contributed by atoms with Gasteiger partial charge in [0.25, 0.3) is 0 Å². The van der Waals surface area contributed by atoms with Crippen LogP contribution in [0, 0.1) is 5.92 Å². The molecule has 56 valence electrons. The van der Waals surface area contributed by atoms with Crippen LogP contribution in [0.25, 0.3) is 0 Å². The summed E-state index contributed by atoms with van der Waals surface area (Å²) in [4.78, 5) is 0. The first-order valence-electron chi connectivity index (χ1n) is 3.41. The van der Waals surface area contributed by atoms with E-state index in [4.69, 9.17) is 11.6 Å². The Kier molecular flexibility index (Phi) is 7.24. The highest BCUT2D eigenvalue weighted by molar-refractivity contribution is 7.99. The van der Waals surface area contributed by atoms with Crippen molar-refractivity contribution in [1.29, 1.82) is 0 Å². The van der Waals surface area contributed by atoms with Gasteiger partial charge in [-0.2, -0.15) is 11.8 Å². The van der Waals surface area contributed by atoms with E-state index in [9.17, 15) is 0 Å². The Labute approximate surface area is 67.4 Å². The highest BCUT2D eigenvalue weighted by Crippen LogP contribution is 2.08. The SMILES string of the molecule is CC(C)CSCCCCl. The van der Waals surface area contributed by atoms with Crippen LogP contribution in [0.5, 0.6) is 0 Å². The third kappa shape index (κ3) is 8.64. The molecule has 0 aliphatic carbocycles. The molecule has 0 heterocycles. The van der Waals surface area contributed by atoms with Gasteiger partial charge in [-0.15, -0.1) is 11.6 Å². The summed E-state index contributed by atoms with van der Waals surface area (Å²) in [6.07, 6.45) is 1.15. The van der Waals surface area contributed by atoms with Crippen LogP contribution in [0.4, 0.5) is 0 Å². The van der Waals surface area contributed by atoms with Crippen molar-refractivity contribution in [1.82, 2.24) is 0 Å². The molecule has 0 aliphatic rings. The minimum Gasteiger partial charge on any atom is -0.162 e. The van der Waals surface area contributed by atoms with Gasteiger partial charge >= 0.3 is 0 Å². The number of halogens is 1. The van der Waals surface area contributed by atoms with Gasteiger partial charge in [0.15, 0.2) is 0 Å². The van der Waals surface area contributed by atoms with Crippen LogP contribution in [0.2, 0.25) is 0 Å². The summed E-state index contributed by atoms with van der Waals surface area (Å²) in [5.74, 6) is 4.13. The molecule has 0 unspecified atom stereocenters. The van der Waals surface area contributed by atoms with E-state index in [0.717, 1.165) is 18.2 Å². The van der Waals surface area contributed by atoms with Gasteiger partial charge in [0.05, 0.1) is 0 Å². The van der Waals surface area contributed by atoms with Crippen LogP contribution in [0.15, 0.2) is 0 Å². The summed E-state index contributed by atoms with van der Waals surface area (Å²) in [7, 11) is 0. The fourth-order valence-electron chi connectivity index (χ4n) is 0.476. The molecule has 0 atom stereocenters. The van der Waals surface area contributed by atoms with Crippen molar-refractivity contribution in [3.63, 3.8) is 0 Å². The molecule has 9 heavy (non-hydrogen) atoms. The molecule has 0 rings (SSSR count). The summed E-state index contributed by atoms with van der Waals surface area (Å²) in [5.41, 5.74) is 0. The fraction of sp³-hybridized carbons (Fsp3) is 1.00. The topological polar surface area (TPSA) is 0 Å². The van der Waals surface area contributed by atoms with Crippen LogP contribution in [0.1, 0.15) is 20.3 Å². The standard InChI is InChI=1S/C7H15ClS/c1-7(2)6-9-5-3-4-8/h7H,3-6H2,1-2H3. The van der Waals surface area contributed by atoms with E-state index in [1.54, 1.807) is 0 Å². The zero-order valence-electron chi connectivity index (χ0n) is 6.19. The van der Waals surface area contributed by atoms with E-state index >= 15 is 0 Å². The van der Waals surface area contributed by atoms with Crippen molar-refractivity contribution in [2.75, 3.05) is 17.4 Å². The van der Waals surface area contributed by atoms with Crippen molar-refractivity contribution in [3.8, 4) is 0 Å². The van der Waals surface area contributed by atoms with E-state index in [1.807, 2.05) is 11.8 Å². The number of hydrogen-bond donors (Lipinski definition) is 0. The Balaban J connectivity index is 2.75. The molecule has 0 N–H and O–H groups in total.